The fraction of sp³-hybridized carbons (Fsp3) is 0.400. The predicted octanol–water partition coefficient (Wildman–Crippen LogP) is 3.29. The van der Waals surface area contributed by atoms with Crippen LogP contribution in [0.15, 0.2) is 54.6 Å². The number of benzene rings is 1. The molecule has 0 unspecified atom stereocenters. The number of anilines is 1. The molecule has 1 aliphatic rings. The highest BCUT2D eigenvalue weighted by Crippen LogP contribution is 2.28. The molecule has 4 rings (SSSR count). The highest BCUT2D eigenvalue weighted by Gasteiger charge is 2.35. The summed E-state index contributed by atoms with van der Waals surface area (Å²) in [4.78, 5) is 30.8. The van der Waals surface area contributed by atoms with E-state index < -0.39 is 11.6 Å². The molecule has 9 heteroatoms. The van der Waals surface area contributed by atoms with Crippen molar-refractivity contribution in [2.75, 3.05) is 11.9 Å². The summed E-state index contributed by atoms with van der Waals surface area (Å²) in [6, 6.07) is 8.61. The van der Waals surface area contributed by atoms with Crippen LogP contribution < -0.4 is 10.1 Å². The molecule has 0 saturated carbocycles. The zero-order chi connectivity index (χ0) is 24.5. The summed E-state index contributed by atoms with van der Waals surface area (Å²) < 4.78 is 7.63. The number of rotatable bonds is 9. The fourth-order valence-electron chi connectivity index (χ4n) is 4.07. The van der Waals surface area contributed by atoms with Gasteiger partial charge < -0.3 is 25.0 Å². The number of nitrogens with one attached hydrogen (secondary N) is 2. The summed E-state index contributed by atoms with van der Waals surface area (Å²) in [6.07, 6.45) is 5.48. The number of ether oxygens (including phenoxy) is 1. The average molecular weight is 466 g/mol. The van der Waals surface area contributed by atoms with Crippen molar-refractivity contribution in [2.24, 2.45) is 5.92 Å². The summed E-state index contributed by atoms with van der Waals surface area (Å²) in [6.45, 7) is 7.90. The van der Waals surface area contributed by atoms with E-state index in [4.69, 9.17) is 4.74 Å². The molecule has 0 radical (unpaired) electrons. The topological polar surface area (TPSA) is 112 Å². The molecule has 2 aromatic heterocycles. The van der Waals surface area contributed by atoms with Gasteiger partial charge in [-0.25, -0.2) is 0 Å². The molecule has 180 valence electrons. The number of fused-ring (bicyclic) bond motifs is 1. The van der Waals surface area contributed by atoms with Gasteiger partial charge in [-0.3, -0.25) is 14.3 Å². The van der Waals surface area contributed by atoms with E-state index in [0.29, 0.717) is 30.3 Å². The maximum Gasteiger partial charge on any atom is 0.251 e. The first-order valence-electron chi connectivity index (χ1n) is 11.4. The van der Waals surface area contributed by atoms with Crippen molar-refractivity contribution >= 4 is 28.5 Å². The Labute approximate surface area is 198 Å². The molecule has 0 saturated heterocycles. The molecule has 3 N–H and O–H groups in total. The molecule has 0 spiro atoms. The molecule has 3 heterocycles. The summed E-state index contributed by atoms with van der Waals surface area (Å²) in [7, 11) is 0. The molecule has 34 heavy (non-hydrogen) atoms. The molecule has 9 nitrogen and oxygen atoms in total. The lowest BCUT2D eigenvalue weighted by Gasteiger charge is -2.28. The number of aliphatic hydroxyl groups is 1. The number of carbonyl (C=O) groups is 2. The van der Waals surface area contributed by atoms with Crippen LogP contribution in [0.4, 0.5) is 5.82 Å². The second-order valence-corrected chi connectivity index (χ2v) is 9.72. The van der Waals surface area contributed by atoms with E-state index in [1.165, 1.54) is 11.0 Å². The Bertz CT molecular complexity index is 1220. The van der Waals surface area contributed by atoms with Gasteiger partial charge in [0.05, 0.1) is 18.7 Å². The van der Waals surface area contributed by atoms with Crippen LogP contribution in [0.2, 0.25) is 0 Å². The first-order chi connectivity index (χ1) is 16.1. The summed E-state index contributed by atoms with van der Waals surface area (Å²) in [5.41, 5.74) is 0.0165. The van der Waals surface area contributed by atoms with Gasteiger partial charge in [0.1, 0.15) is 17.6 Å². The van der Waals surface area contributed by atoms with Gasteiger partial charge in [-0.05, 0) is 44.4 Å². The lowest BCUT2D eigenvalue weighted by atomic mass is 10.0. The zero-order valence-electron chi connectivity index (χ0n) is 19.9. The van der Waals surface area contributed by atoms with Crippen LogP contribution >= 0.6 is 0 Å². The minimum absolute atomic E-state index is 0.190. The highest BCUT2D eigenvalue weighted by atomic mass is 16.5. The Morgan fingerprint density at radius 2 is 2.09 bits per heavy atom. The second kappa shape index (κ2) is 9.34. The summed E-state index contributed by atoms with van der Waals surface area (Å²) >= 11 is 0. The van der Waals surface area contributed by atoms with Crippen LogP contribution in [0.25, 0.3) is 10.9 Å². The number of H-pyrrole nitrogens is 1. The van der Waals surface area contributed by atoms with E-state index in [2.05, 4.69) is 15.4 Å². The quantitative estimate of drug-likeness (QED) is 0.449. The number of aromatic nitrogens is 3. The minimum atomic E-state index is -0.928. The Hall–Kier alpha value is -3.59. The molecule has 1 aromatic carbocycles. The van der Waals surface area contributed by atoms with Crippen molar-refractivity contribution < 1.29 is 19.4 Å². The normalized spacial score (nSPS) is 15.2. The maximum absolute atomic E-state index is 13.2. The lowest BCUT2D eigenvalue weighted by molar-refractivity contribution is -0.133. The molecular weight excluding hydrogens is 434 g/mol. The Kier molecular flexibility index (Phi) is 6.47. The van der Waals surface area contributed by atoms with Gasteiger partial charge in [-0.1, -0.05) is 19.9 Å². The van der Waals surface area contributed by atoms with E-state index in [-0.39, 0.29) is 24.3 Å². The Balaban J connectivity index is 1.46. The molecule has 1 aliphatic heterocycles. The van der Waals surface area contributed by atoms with E-state index >= 15 is 0 Å². The van der Waals surface area contributed by atoms with E-state index in [1.807, 2.05) is 44.3 Å². The zero-order valence-corrected chi connectivity index (χ0v) is 19.9. The number of aromatic amines is 1. The first-order valence-corrected chi connectivity index (χ1v) is 11.4. The van der Waals surface area contributed by atoms with Gasteiger partial charge in [0.25, 0.3) is 5.91 Å². The molecule has 0 bridgehead atoms. The maximum atomic E-state index is 13.2. The van der Waals surface area contributed by atoms with E-state index in [1.54, 1.807) is 30.8 Å². The SMILES string of the molecule is CC(C)C[C@@H](C(=O)Nc1ccn(CC(C)(C)O)n1)N1CC(Oc2cccc3[nH]ccc23)=CC1=O. The number of nitrogens with zero attached hydrogens (tertiary/aromatic N) is 3. The van der Waals surface area contributed by atoms with E-state index in [0.717, 1.165) is 10.9 Å². The van der Waals surface area contributed by atoms with Crippen molar-refractivity contribution in [1.29, 1.82) is 0 Å². The number of amides is 2. The molecule has 3 aromatic rings. The molecule has 0 aliphatic carbocycles. The van der Waals surface area contributed by atoms with Gasteiger partial charge in [-0.15, -0.1) is 0 Å². The summed E-state index contributed by atoms with van der Waals surface area (Å²) in [5, 5.41) is 18.1. The van der Waals surface area contributed by atoms with Gasteiger partial charge in [-0.2, -0.15) is 5.10 Å². The van der Waals surface area contributed by atoms with Crippen LogP contribution in [0.5, 0.6) is 5.75 Å². The standard InChI is InChI=1S/C25H31N5O4/c1-16(2)12-20(24(32)27-22-9-11-29(28-22)15-25(3,4)33)30-14-17(13-23(30)31)34-21-7-5-6-19-18(21)8-10-26-19/h5-11,13,16,20,26,33H,12,14-15H2,1-4H3,(H,27,28,32)/t20-/m0/s1. The first kappa shape index (κ1) is 23.6. The number of carbonyl (C=O) groups excluding carboxylic acids is 2. The van der Waals surface area contributed by atoms with Crippen LogP contribution in [0.3, 0.4) is 0 Å². The van der Waals surface area contributed by atoms with Gasteiger partial charge in [0.2, 0.25) is 5.91 Å². The number of hydrogen-bond acceptors (Lipinski definition) is 5. The molecule has 0 fully saturated rings. The third-order valence-electron chi connectivity index (χ3n) is 5.50. The van der Waals surface area contributed by atoms with Crippen molar-refractivity contribution in [3.05, 3.63) is 54.6 Å². The second-order valence-electron chi connectivity index (χ2n) is 9.72. The summed E-state index contributed by atoms with van der Waals surface area (Å²) in [5.74, 6) is 1.15. The molecular formula is C25H31N5O4. The van der Waals surface area contributed by atoms with Crippen molar-refractivity contribution in [3.63, 3.8) is 0 Å². The lowest BCUT2D eigenvalue weighted by Crippen LogP contribution is -2.46. The van der Waals surface area contributed by atoms with Crippen molar-refractivity contribution in [3.8, 4) is 5.75 Å². The number of hydrogen-bond donors (Lipinski definition) is 3. The predicted molar refractivity (Wildman–Crippen MR) is 129 cm³/mol. The van der Waals surface area contributed by atoms with Crippen molar-refractivity contribution in [1.82, 2.24) is 19.7 Å². The Morgan fingerprint density at radius 3 is 2.82 bits per heavy atom. The van der Waals surface area contributed by atoms with Crippen LogP contribution in [-0.4, -0.2) is 54.8 Å². The molecule has 1 atom stereocenters. The largest absolute Gasteiger partial charge is 0.459 e. The van der Waals surface area contributed by atoms with Crippen LogP contribution in [-0.2, 0) is 16.1 Å². The van der Waals surface area contributed by atoms with E-state index in [9.17, 15) is 14.7 Å². The van der Waals surface area contributed by atoms with Gasteiger partial charge in [0, 0.05) is 35.4 Å². The average Bonchev–Trinajstić information content (AvgIpc) is 3.46. The van der Waals surface area contributed by atoms with Crippen LogP contribution in [0, 0.1) is 5.92 Å². The molecule has 2 amide bonds. The fourth-order valence-corrected chi connectivity index (χ4v) is 4.07. The monoisotopic (exact) mass is 465 g/mol. The van der Waals surface area contributed by atoms with Gasteiger partial charge >= 0.3 is 0 Å². The van der Waals surface area contributed by atoms with Crippen molar-refractivity contribution in [2.45, 2.75) is 52.3 Å². The Morgan fingerprint density at radius 1 is 1.29 bits per heavy atom. The highest BCUT2D eigenvalue weighted by molar-refractivity contribution is 6.00. The third kappa shape index (κ3) is 5.48. The minimum Gasteiger partial charge on any atom is -0.459 e. The van der Waals surface area contributed by atoms with Gasteiger partial charge in [0.15, 0.2) is 5.82 Å². The third-order valence-corrected chi connectivity index (χ3v) is 5.50. The smallest absolute Gasteiger partial charge is 0.251 e. The van der Waals surface area contributed by atoms with Crippen LogP contribution in [0.1, 0.15) is 34.1 Å².